The van der Waals surface area contributed by atoms with Gasteiger partial charge in [-0.05, 0) is 39.0 Å². The highest BCUT2D eigenvalue weighted by atomic mass is 19.4. The molecule has 0 radical (unpaired) electrons. The predicted octanol–water partition coefficient (Wildman–Crippen LogP) is 4.16. The minimum Gasteiger partial charge on any atom is -0.466 e. The van der Waals surface area contributed by atoms with Gasteiger partial charge in [-0.25, -0.2) is 0 Å². The zero-order chi connectivity index (χ0) is 15.6. The van der Waals surface area contributed by atoms with E-state index in [1.807, 2.05) is 26.8 Å². The molecule has 0 spiro atoms. The molecule has 2 heterocycles. The lowest BCUT2D eigenvalue weighted by atomic mass is 10.1. The summed E-state index contributed by atoms with van der Waals surface area (Å²) >= 11 is 0. The quantitative estimate of drug-likeness (QED) is 0.921. The molecule has 2 rings (SSSR count). The molecular weight excluding hydrogens is 281 g/mol. The molecule has 0 fully saturated rings. The lowest BCUT2D eigenvalue weighted by molar-refractivity contribution is -0.138. The third-order valence-corrected chi connectivity index (χ3v) is 3.32. The highest BCUT2D eigenvalue weighted by Crippen LogP contribution is 2.31. The number of pyridine rings is 1. The van der Waals surface area contributed by atoms with E-state index in [0.717, 1.165) is 23.2 Å². The lowest BCUT2D eigenvalue weighted by Crippen LogP contribution is -2.22. The van der Waals surface area contributed by atoms with Crippen molar-refractivity contribution in [1.29, 1.82) is 0 Å². The maximum absolute atomic E-state index is 12.9. The van der Waals surface area contributed by atoms with Crippen LogP contribution in [0, 0.1) is 13.8 Å². The summed E-state index contributed by atoms with van der Waals surface area (Å²) in [6.45, 7) is 5.60. The number of aromatic nitrogens is 1. The summed E-state index contributed by atoms with van der Waals surface area (Å²) in [5, 5.41) is 3.06. The van der Waals surface area contributed by atoms with E-state index in [1.165, 1.54) is 12.3 Å². The van der Waals surface area contributed by atoms with Gasteiger partial charge in [0.25, 0.3) is 0 Å². The summed E-state index contributed by atoms with van der Waals surface area (Å²) in [5.74, 6) is 1.55. The Morgan fingerprint density at radius 1 is 1.33 bits per heavy atom. The van der Waals surface area contributed by atoms with Gasteiger partial charge < -0.3 is 9.73 Å². The van der Waals surface area contributed by atoms with Crippen molar-refractivity contribution in [1.82, 2.24) is 10.3 Å². The fourth-order valence-electron chi connectivity index (χ4n) is 2.28. The molecule has 0 saturated carbocycles. The smallest absolute Gasteiger partial charge is 0.418 e. The first-order chi connectivity index (χ1) is 9.79. The summed E-state index contributed by atoms with van der Waals surface area (Å²) in [6, 6.07) is 4.10. The Morgan fingerprint density at radius 3 is 2.62 bits per heavy atom. The van der Waals surface area contributed by atoms with Gasteiger partial charge in [-0.2, -0.15) is 13.2 Å². The van der Waals surface area contributed by atoms with Crippen LogP contribution in [0.4, 0.5) is 13.2 Å². The number of furan rings is 1. The van der Waals surface area contributed by atoms with Crippen molar-refractivity contribution in [3.63, 3.8) is 0 Å². The summed E-state index contributed by atoms with van der Waals surface area (Å²) in [4.78, 5) is 3.83. The molecule has 1 atom stereocenters. The highest BCUT2D eigenvalue weighted by Gasteiger charge is 2.33. The molecule has 0 aliphatic heterocycles. The molecule has 0 bridgehead atoms. The number of hydrogen-bond donors (Lipinski definition) is 1. The van der Waals surface area contributed by atoms with Gasteiger partial charge in [-0.3, -0.25) is 4.98 Å². The average Bonchev–Trinajstić information content (AvgIpc) is 2.74. The molecule has 2 aromatic rings. The summed E-state index contributed by atoms with van der Waals surface area (Å²) in [7, 11) is 0. The highest BCUT2D eigenvalue weighted by molar-refractivity contribution is 5.25. The third-order valence-electron chi connectivity index (χ3n) is 3.32. The van der Waals surface area contributed by atoms with Gasteiger partial charge in [0.05, 0.1) is 11.3 Å². The zero-order valence-electron chi connectivity index (χ0n) is 12.1. The molecular formula is C15H17F3N2O. The summed E-state index contributed by atoms with van der Waals surface area (Å²) < 4.78 is 44.1. The Kier molecular flexibility index (Phi) is 4.37. The second kappa shape index (κ2) is 5.89. The molecule has 3 nitrogen and oxygen atoms in total. The molecule has 6 heteroatoms. The molecule has 114 valence electrons. The van der Waals surface area contributed by atoms with Crippen LogP contribution >= 0.6 is 0 Å². The number of aryl methyl sites for hydroxylation is 2. The summed E-state index contributed by atoms with van der Waals surface area (Å²) in [5.41, 5.74) is 0.233. The number of alkyl halides is 3. The van der Waals surface area contributed by atoms with Crippen LogP contribution < -0.4 is 5.32 Å². The molecule has 0 amide bonds. The van der Waals surface area contributed by atoms with Crippen molar-refractivity contribution in [2.75, 3.05) is 0 Å². The average molecular weight is 298 g/mol. The van der Waals surface area contributed by atoms with Crippen LogP contribution in [0.2, 0.25) is 0 Å². The van der Waals surface area contributed by atoms with Gasteiger partial charge in [-0.1, -0.05) is 0 Å². The molecule has 0 aromatic carbocycles. The fourth-order valence-corrected chi connectivity index (χ4v) is 2.28. The van der Waals surface area contributed by atoms with Crippen LogP contribution in [0.1, 0.15) is 41.3 Å². The molecule has 0 saturated heterocycles. The third kappa shape index (κ3) is 3.64. The number of hydrogen-bond acceptors (Lipinski definition) is 3. The Bertz CT molecular complexity index is 620. The van der Waals surface area contributed by atoms with Crippen LogP contribution in [0.25, 0.3) is 0 Å². The van der Waals surface area contributed by atoms with Gasteiger partial charge in [-0.15, -0.1) is 0 Å². The Hall–Kier alpha value is -1.82. The predicted molar refractivity (Wildman–Crippen MR) is 72.7 cm³/mol. The molecule has 21 heavy (non-hydrogen) atoms. The normalized spacial score (nSPS) is 13.4. The molecule has 2 aromatic heterocycles. The van der Waals surface area contributed by atoms with Gasteiger partial charge in [0, 0.05) is 24.3 Å². The van der Waals surface area contributed by atoms with E-state index >= 15 is 0 Å². The molecule has 1 N–H and O–H groups in total. The Balaban J connectivity index is 2.12. The monoisotopic (exact) mass is 298 g/mol. The van der Waals surface area contributed by atoms with Crippen molar-refractivity contribution in [2.24, 2.45) is 0 Å². The molecule has 0 aliphatic rings. The maximum Gasteiger partial charge on any atom is 0.418 e. The lowest BCUT2D eigenvalue weighted by Gasteiger charge is -2.16. The van der Waals surface area contributed by atoms with Gasteiger partial charge >= 0.3 is 6.18 Å². The van der Waals surface area contributed by atoms with Crippen molar-refractivity contribution >= 4 is 0 Å². The van der Waals surface area contributed by atoms with Crippen LogP contribution in [0.3, 0.4) is 0 Å². The minimum atomic E-state index is -4.39. The summed E-state index contributed by atoms with van der Waals surface area (Å²) in [6.07, 6.45) is -3.03. The number of nitrogens with one attached hydrogen (secondary N) is 1. The number of halogens is 3. The van der Waals surface area contributed by atoms with E-state index in [2.05, 4.69) is 10.3 Å². The van der Waals surface area contributed by atoms with E-state index in [-0.39, 0.29) is 18.3 Å². The second-order valence-corrected chi connectivity index (χ2v) is 4.97. The Labute approximate surface area is 121 Å². The second-order valence-electron chi connectivity index (χ2n) is 4.97. The maximum atomic E-state index is 12.9. The molecule has 0 aliphatic carbocycles. The van der Waals surface area contributed by atoms with E-state index < -0.39 is 11.7 Å². The van der Waals surface area contributed by atoms with Crippen molar-refractivity contribution in [3.8, 4) is 0 Å². The van der Waals surface area contributed by atoms with Crippen LogP contribution in [-0.4, -0.2) is 4.98 Å². The van der Waals surface area contributed by atoms with E-state index in [0.29, 0.717) is 0 Å². The minimum absolute atomic E-state index is 0.00489. The first-order valence-electron chi connectivity index (χ1n) is 6.60. The standard InChI is InChI=1S/C15H17F3N2O/c1-9-7-12(11(3)21-9)10(2)20-8-14-13(15(16,17)18)5-4-6-19-14/h4-7,10,20H,8H2,1-3H3. The fraction of sp³-hybridized carbons (Fsp3) is 0.400. The van der Waals surface area contributed by atoms with Crippen molar-refractivity contribution in [3.05, 3.63) is 52.7 Å². The van der Waals surface area contributed by atoms with Gasteiger partial charge in [0.15, 0.2) is 0 Å². The topological polar surface area (TPSA) is 38.1 Å². The van der Waals surface area contributed by atoms with E-state index in [4.69, 9.17) is 4.42 Å². The first-order valence-corrected chi connectivity index (χ1v) is 6.60. The van der Waals surface area contributed by atoms with E-state index in [9.17, 15) is 13.2 Å². The number of rotatable bonds is 4. The van der Waals surface area contributed by atoms with Gasteiger partial charge in [0.1, 0.15) is 11.5 Å². The molecule has 1 unspecified atom stereocenters. The van der Waals surface area contributed by atoms with Crippen molar-refractivity contribution in [2.45, 2.75) is 39.5 Å². The zero-order valence-corrected chi connectivity index (χ0v) is 12.1. The van der Waals surface area contributed by atoms with Crippen LogP contribution in [0.15, 0.2) is 28.8 Å². The van der Waals surface area contributed by atoms with Crippen molar-refractivity contribution < 1.29 is 17.6 Å². The number of nitrogens with zero attached hydrogens (tertiary/aromatic N) is 1. The largest absolute Gasteiger partial charge is 0.466 e. The SMILES string of the molecule is Cc1cc(C(C)NCc2ncccc2C(F)(F)F)c(C)o1. The first kappa shape index (κ1) is 15.6. The Morgan fingerprint density at radius 2 is 2.05 bits per heavy atom. The van der Waals surface area contributed by atoms with Crippen LogP contribution in [0.5, 0.6) is 0 Å². The van der Waals surface area contributed by atoms with Crippen LogP contribution in [-0.2, 0) is 12.7 Å². The van der Waals surface area contributed by atoms with Gasteiger partial charge in [0.2, 0.25) is 0 Å². The van der Waals surface area contributed by atoms with E-state index in [1.54, 1.807) is 0 Å².